The number of aliphatic carboxylic acids is 1. The van der Waals surface area contributed by atoms with Crippen molar-refractivity contribution in [3.8, 4) is 0 Å². The molecule has 1 aliphatic carbocycles. The fourth-order valence-corrected chi connectivity index (χ4v) is 4.48. The van der Waals surface area contributed by atoms with Gasteiger partial charge in [-0.2, -0.15) is 0 Å². The Labute approximate surface area is 182 Å². The van der Waals surface area contributed by atoms with E-state index >= 15 is 0 Å². The number of hydrogen-bond donors (Lipinski definition) is 2. The summed E-state index contributed by atoms with van der Waals surface area (Å²) in [7, 11) is 0. The zero-order valence-electron chi connectivity index (χ0n) is 17.3. The zero-order valence-corrected chi connectivity index (χ0v) is 17.3. The molecule has 0 aliphatic heterocycles. The van der Waals surface area contributed by atoms with Gasteiger partial charge in [0.05, 0.1) is 11.8 Å². The highest BCUT2D eigenvalue weighted by Gasteiger charge is 2.46. The van der Waals surface area contributed by atoms with E-state index in [1.807, 2.05) is 104 Å². The predicted molar refractivity (Wildman–Crippen MR) is 122 cm³/mol. The van der Waals surface area contributed by atoms with Crippen LogP contribution in [0, 0.1) is 18.8 Å². The molecule has 0 heterocycles. The van der Waals surface area contributed by atoms with Crippen LogP contribution in [0.25, 0.3) is 0 Å². The summed E-state index contributed by atoms with van der Waals surface area (Å²) in [6.45, 7) is 1.92. The first-order valence-electron chi connectivity index (χ1n) is 10.4. The van der Waals surface area contributed by atoms with Crippen LogP contribution in [0.3, 0.4) is 0 Å². The summed E-state index contributed by atoms with van der Waals surface area (Å²) in [5, 5.41) is 13.3. The van der Waals surface area contributed by atoms with Crippen molar-refractivity contribution in [1.29, 1.82) is 0 Å². The standard InChI is InChI=1S/C27H25NO3/c1-18-10-8-9-15-23(18)28-26(29)24-21(19-11-4-2-5-12-19)16-17-22(25(24)27(30)31)20-13-6-3-7-14-20/h2-17,21-22,24-25H,1H3,(H,28,29)(H,30,31)/t21-,22-,24+,25+/m0/s1. The third kappa shape index (κ3) is 4.29. The lowest BCUT2D eigenvalue weighted by molar-refractivity contribution is -0.147. The SMILES string of the molecule is Cc1ccccc1NC(=O)[C@H]1[C@H](C(=O)O)[C@H](c2ccccc2)C=C[C@H]1c1ccccc1. The smallest absolute Gasteiger partial charge is 0.308 e. The number of aryl methyl sites for hydroxylation is 1. The maximum absolute atomic E-state index is 13.6. The van der Waals surface area contributed by atoms with Crippen molar-refractivity contribution < 1.29 is 14.7 Å². The number of anilines is 1. The molecule has 0 fully saturated rings. The van der Waals surface area contributed by atoms with Gasteiger partial charge in [-0.15, -0.1) is 0 Å². The number of benzene rings is 3. The van der Waals surface area contributed by atoms with E-state index in [1.165, 1.54) is 0 Å². The summed E-state index contributed by atoms with van der Waals surface area (Å²) in [4.78, 5) is 26.1. The van der Waals surface area contributed by atoms with E-state index in [2.05, 4.69) is 5.32 Å². The largest absolute Gasteiger partial charge is 0.481 e. The highest BCUT2D eigenvalue weighted by molar-refractivity contribution is 5.97. The quantitative estimate of drug-likeness (QED) is 0.553. The molecular formula is C27H25NO3. The van der Waals surface area contributed by atoms with Gasteiger partial charge in [-0.3, -0.25) is 9.59 Å². The Morgan fingerprint density at radius 2 is 1.19 bits per heavy atom. The number of carboxylic acids is 1. The van der Waals surface area contributed by atoms with Crippen LogP contribution in [0.2, 0.25) is 0 Å². The molecule has 4 heteroatoms. The van der Waals surface area contributed by atoms with Crippen molar-refractivity contribution in [2.24, 2.45) is 11.8 Å². The van der Waals surface area contributed by atoms with E-state index in [0.717, 1.165) is 16.7 Å². The predicted octanol–water partition coefficient (Wildman–Crippen LogP) is 5.39. The van der Waals surface area contributed by atoms with E-state index in [4.69, 9.17) is 0 Å². The summed E-state index contributed by atoms with van der Waals surface area (Å²) < 4.78 is 0. The van der Waals surface area contributed by atoms with Crippen LogP contribution in [0.1, 0.15) is 28.5 Å². The summed E-state index contributed by atoms with van der Waals surface area (Å²) in [6.07, 6.45) is 3.94. The topological polar surface area (TPSA) is 66.4 Å². The summed E-state index contributed by atoms with van der Waals surface area (Å²) in [5.74, 6) is -3.60. The molecule has 0 bridgehead atoms. The monoisotopic (exact) mass is 411 g/mol. The van der Waals surface area contributed by atoms with E-state index in [9.17, 15) is 14.7 Å². The van der Waals surface area contributed by atoms with Crippen LogP contribution in [-0.4, -0.2) is 17.0 Å². The number of rotatable bonds is 5. The average Bonchev–Trinajstić information content (AvgIpc) is 2.80. The number of hydrogen-bond acceptors (Lipinski definition) is 2. The van der Waals surface area contributed by atoms with Gasteiger partial charge in [0.1, 0.15) is 0 Å². The highest BCUT2D eigenvalue weighted by Crippen LogP contribution is 2.45. The number of nitrogens with one attached hydrogen (secondary N) is 1. The molecule has 4 nitrogen and oxygen atoms in total. The van der Waals surface area contributed by atoms with Gasteiger partial charge in [0.15, 0.2) is 0 Å². The fourth-order valence-electron chi connectivity index (χ4n) is 4.48. The van der Waals surface area contributed by atoms with Crippen molar-refractivity contribution in [3.05, 3.63) is 114 Å². The Bertz CT molecular complexity index is 1090. The van der Waals surface area contributed by atoms with Crippen LogP contribution in [0.4, 0.5) is 5.69 Å². The van der Waals surface area contributed by atoms with E-state index < -0.39 is 17.8 Å². The minimum atomic E-state index is -0.968. The Kier molecular flexibility index (Phi) is 5.99. The number of para-hydroxylation sites is 1. The summed E-state index contributed by atoms with van der Waals surface area (Å²) >= 11 is 0. The van der Waals surface area contributed by atoms with E-state index in [0.29, 0.717) is 5.69 Å². The molecule has 4 rings (SSSR count). The Morgan fingerprint density at radius 1 is 0.710 bits per heavy atom. The van der Waals surface area contributed by atoms with Gasteiger partial charge in [-0.25, -0.2) is 0 Å². The fraction of sp³-hybridized carbons (Fsp3) is 0.185. The van der Waals surface area contributed by atoms with Crippen molar-refractivity contribution in [2.75, 3.05) is 5.32 Å². The molecule has 31 heavy (non-hydrogen) atoms. The van der Waals surface area contributed by atoms with Crippen molar-refractivity contribution in [1.82, 2.24) is 0 Å². The molecule has 0 saturated carbocycles. The minimum absolute atomic E-state index is 0.277. The first kappa shape index (κ1) is 20.6. The van der Waals surface area contributed by atoms with E-state index in [-0.39, 0.29) is 17.7 Å². The maximum Gasteiger partial charge on any atom is 0.308 e. The normalized spacial score (nSPS) is 22.6. The Balaban J connectivity index is 1.79. The lowest BCUT2D eigenvalue weighted by Gasteiger charge is -2.37. The first-order valence-corrected chi connectivity index (χ1v) is 10.4. The molecule has 0 aromatic heterocycles. The molecule has 2 N–H and O–H groups in total. The Morgan fingerprint density at radius 3 is 1.71 bits per heavy atom. The van der Waals surface area contributed by atoms with Gasteiger partial charge < -0.3 is 10.4 Å². The number of allylic oxidation sites excluding steroid dienone is 2. The number of amides is 1. The molecule has 0 radical (unpaired) electrons. The molecular weight excluding hydrogens is 386 g/mol. The molecule has 1 amide bonds. The van der Waals surface area contributed by atoms with Crippen LogP contribution >= 0.6 is 0 Å². The zero-order chi connectivity index (χ0) is 21.8. The van der Waals surface area contributed by atoms with Gasteiger partial charge in [-0.1, -0.05) is 91.0 Å². The second kappa shape index (κ2) is 9.00. The van der Waals surface area contributed by atoms with Crippen LogP contribution in [0.5, 0.6) is 0 Å². The number of carboxylic acid groups (broad SMARTS) is 1. The third-order valence-electron chi connectivity index (χ3n) is 6.05. The molecule has 0 spiro atoms. The highest BCUT2D eigenvalue weighted by atomic mass is 16.4. The maximum atomic E-state index is 13.6. The third-order valence-corrected chi connectivity index (χ3v) is 6.05. The Hall–Kier alpha value is -3.66. The molecule has 0 saturated heterocycles. The second-order valence-corrected chi connectivity index (χ2v) is 7.95. The number of carbonyl (C=O) groups excluding carboxylic acids is 1. The van der Waals surface area contributed by atoms with Gasteiger partial charge in [0.2, 0.25) is 5.91 Å². The summed E-state index contributed by atoms with van der Waals surface area (Å²) in [5.41, 5.74) is 3.46. The lowest BCUT2D eigenvalue weighted by atomic mass is 9.66. The van der Waals surface area contributed by atoms with Crippen molar-refractivity contribution in [2.45, 2.75) is 18.8 Å². The van der Waals surface area contributed by atoms with Gasteiger partial charge in [-0.05, 0) is 29.7 Å². The minimum Gasteiger partial charge on any atom is -0.481 e. The second-order valence-electron chi connectivity index (χ2n) is 7.95. The van der Waals surface area contributed by atoms with Crippen molar-refractivity contribution in [3.63, 3.8) is 0 Å². The van der Waals surface area contributed by atoms with Crippen LogP contribution in [0.15, 0.2) is 97.1 Å². The van der Waals surface area contributed by atoms with Gasteiger partial charge in [0, 0.05) is 17.5 Å². The first-order chi connectivity index (χ1) is 15.1. The molecule has 3 aromatic carbocycles. The average molecular weight is 412 g/mol. The lowest BCUT2D eigenvalue weighted by Crippen LogP contribution is -2.42. The van der Waals surface area contributed by atoms with Crippen molar-refractivity contribution >= 4 is 17.6 Å². The molecule has 156 valence electrons. The molecule has 0 unspecified atom stereocenters. The molecule has 3 aromatic rings. The van der Waals surface area contributed by atoms with Crippen LogP contribution in [-0.2, 0) is 9.59 Å². The molecule has 4 atom stereocenters. The van der Waals surface area contributed by atoms with E-state index in [1.54, 1.807) is 0 Å². The van der Waals surface area contributed by atoms with Gasteiger partial charge in [0.25, 0.3) is 0 Å². The van der Waals surface area contributed by atoms with Gasteiger partial charge >= 0.3 is 5.97 Å². The summed E-state index contributed by atoms with van der Waals surface area (Å²) in [6, 6.07) is 26.7. The van der Waals surface area contributed by atoms with Crippen LogP contribution < -0.4 is 5.32 Å². The number of carbonyl (C=O) groups is 2. The molecule has 1 aliphatic rings.